The molecule has 3 aromatic carbocycles. The summed E-state index contributed by atoms with van der Waals surface area (Å²) >= 11 is 12.3. The average molecular weight is 489 g/mol. The van der Waals surface area contributed by atoms with Crippen molar-refractivity contribution >= 4 is 52.0 Å². The molecule has 0 radical (unpaired) electrons. The van der Waals surface area contributed by atoms with Gasteiger partial charge in [-0.3, -0.25) is 4.79 Å². The third-order valence-electron chi connectivity index (χ3n) is 5.16. The fourth-order valence-corrected chi connectivity index (χ4v) is 3.91. The lowest BCUT2D eigenvalue weighted by Crippen LogP contribution is -2.07. The number of oxazole rings is 1. The molecule has 0 saturated heterocycles. The molecule has 168 valence electrons. The van der Waals surface area contributed by atoms with Crippen LogP contribution in [0.15, 0.2) is 87.7 Å². The Morgan fingerprint density at radius 2 is 1.76 bits per heavy atom. The molecule has 0 aliphatic carbocycles. The zero-order valence-corrected chi connectivity index (χ0v) is 19.5. The molecule has 0 unspecified atom stereocenters. The van der Waals surface area contributed by atoms with Crippen LogP contribution in [0.5, 0.6) is 0 Å². The van der Waals surface area contributed by atoms with Crippen LogP contribution < -0.4 is 5.32 Å². The normalized spacial score (nSPS) is 11.4. The number of furan rings is 1. The van der Waals surface area contributed by atoms with Gasteiger partial charge in [0.15, 0.2) is 5.58 Å². The van der Waals surface area contributed by atoms with E-state index in [9.17, 15) is 4.79 Å². The fraction of sp³-hybridized carbons (Fsp3) is 0.0370. The van der Waals surface area contributed by atoms with Gasteiger partial charge >= 0.3 is 0 Å². The summed E-state index contributed by atoms with van der Waals surface area (Å²) in [7, 11) is 0. The van der Waals surface area contributed by atoms with Gasteiger partial charge in [-0.25, -0.2) is 4.98 Å². The molecule has 0 fully saturated rings. The number of rotatable bonds is 5. The Balaban J connectivity index is 1.29. The highest BCUT2D eigenvalue weighted by atomic mass is 35.5. The van der Waals surface area contributed by atoms with Crippen molar-refractivity contribution in [3.8, 4) is 22.8 Å². The van der Waals surface area contributed by atoms with E-state index in [-0.39, 0.29) is 5.91 Å². The molecule has 7 heteroatoms. The van der Waals surface area contributed by atoms with E-state index in [1.54, 1.807) is 42.5 Å². The third kappa shape index (κ3) is 4.76. The van der Waals surface area contributed by atoms with E-state index in [2.05, 4.69) is 10.3 Å². The Kier molecular flexibility index (Phi) is 5.97. The first-order chi connectivity index (χ1) is 16.4. The van der Waals surface area contributed by atoms with Crippen LogP contribution in [0.2, 0.25) is 10.0 Å². The number of aryl methyl sites for hydroxylation is 1. The first-order valence-electron chi connectivity index (χ1n) is 10.5. The van der Waals surface area contributed by atoms with Gasteiger partial charge in [0.2, 0.25) is 11.8 Å². The number of nitrogens with zero attached hydrogens (tertiary/aromatic N) is 1. The molecule has 0 saturated carbocycles. The Bertz CT molecular complexity index is 1530. The highest BCUT2D eigenvalue weighted by molar-refractivity contribution is 6.33. The molecule has 0 aliphatic heterocycles. The maximum Gasteiger partial charge on any atom is 0.248 e. The number of amides is 1. The van der Waals surface area contributed by atoms with Crippen molar-refractivity contribution in [1.29, 1.82) is 0 Å². The molecule has 1 N–H and O–H groups in total. The zero-order valence-electron chi connectivity index (χ0n) is 18.0. The van der Waals surface area contributed by atoms with Gasteiger partial charge in [0.25, 0.3) is 0 Å². The number of hydrogen-bond acceptors (Lipinski definition) is 4. The van der Waals surface area contributed by atoms with Crippen LogP contribution in [0.25, 0.3) is 40.0 Å². The smallest absolute Gasteiger partial charge is 0.248 e. The highest BCUT2D eigenvalue weighted by Gasteiger charge is 2.12. The fourth-order valence-electron chi connectivity index (χ4n) is 3.47. The van der Waals surface area contributed by atoms with E-state index >= 15 is 0 Å². The zero-order chi connectivity index (χ0) is 23.7. The number of halogens is 2. The molecule has 0 atom stereocenters. The highest BCUT2D eigenvalue weighted by Crippen LogP contribution is 2.31. The topological polar surface area (TPSA) is 68.3 Å². The monoisotopic (exact) mass is 488 g/mol. The summed E-state index contributed by atoms with van der Waals surface area (Å²) in [6.07, 6.45) is 3.02. The second-order valence-electron chi connectivity index (χ2n) is 7.72. The lowest BCUT2D eigenvalue weighted by atomic mass is 10.1. The summed E-state index contributed by atoms with van der Waals surface area (Å²) < 4.78 is 11.6. The number of hydrogen-bond donors (Lipinski definition) is 1. The largest absolute Gasteiger partial charge is 0.457 e. The van der Waals surface area contributed by atoms with Crippen LogP contribution in [0.3, 0.4) is 0 Å². The number of anilines is 1. The Morgan fingerprint density at radius 3 is 2.56 bits per heavy atom. The van der Waals surface area contributed by atoms with Crippen LogP contribution in [0, 0.1) is 6.92 Å². The summed E-state index contributed by atoms with van der Waals surface area (Å²) in [4.78, 5) is 17.0. The third-order valence-corrected chi connectivity index (χ3v) is 5.73. The van der Waals surface area contributed by atoms with Gasteiger partial charge in [-0.05, 0) is 85.3 Å². The lowest BCUT2D eigenvalue weighted by molar-refractivity contribution is -0.111. The minimum atomic E-state index is -0.297. The van der Waals surface area contributed by atoms with Crippen molar-refractivity contribution in [1.82, 2.24) is 4.98 Å². The molecule has 0 aliphatic rings. The molecular weight excluding hydrogens is 471 g/mol. The van der Waals surface area contributed by atoms with Crippen LogP contribution in [0.1, 0.15) is 11.3 Å². The van der Waals surface area contributed by atoms with E-state index in [4.69, 9.17) is 32.0 Å². The maximum absolute atomic E-state index is 12.4. The van der Waals surface area contributed by atoms with Gasteiger partial charge in [-0.1, -0.05) is 29.3 Å². The molecule has 2 aromatic heterocycles. The molecule has 5 nitrogen and oxygen atoms in total. The quantitative estimate of drug-likeness (QED) is 0.254. The standard InChI is InChI=1S/C27H18Cl2N2O3/c1-16-2-10-21(22(29)14-16)27-31-23-15-19(7-11-25(23)34-27)30-26(32)13-9-20-8-12-24(33-20)17-3-5-18(28)6-4-17/h2-15H,1H3,(H,30,32)/b13-9+. The Labute approximate surface area is 205 Å². The minimum Gasteiger partial charge on any atom is -0.457 e. The predicted octanol–water partition coefficient (Wildman–Crippen LogP) is 8.02. The van der Waals surface area contributed by atoms with Gasteiger partial charge in [-0.2, -0.15) is 0 Å². The van der Waals surface area contributed by atoms with Gasteiger partial charge in [0.05, 0.1) is 10.6 Å². The van der Waals surface area contributed by atoms with Crippen molar-refractivity contribution in [2.45, 2.75) is 6.92 Å². The van der Waals surface area contributed by atoms with Gasteiger partial charge in [0.1, 0.15) is 17.0 Å². The number of aromatic nitrogens is 1. The molecule has 1 amide bonds. The number of fused-ring (bicyclic) bond motifs is 1. The summed E-state index contributed by atoms with van der Waals surface area (Å²) in [5.41, 5.74) is 4.49. The predicted molar refractivity (Wildman–Crippen MR) is 136 cm³/mol. The molecule has 0 spiro atoms. The van der Waals surface area contributed by atoms with E-state index in [0.717, 1.165) is 11.1 Å². The van der Waals surface area contributed by atoms with Crippen molar-refractivity contribution < 1.29 is 13.6 Å². The average Bonchev–Trinajstić information content (AvgIpc) is 3.45. The van der Waals surface area contributed by atoms with Crippen LogP contribution in [0.4, 0.5) is 5.69 Å². The molecule has 5 aromatic rings. The Morgan fingerprint density at radius 1 is 0.941 bits per heavy atom. The summed E-state index contributed by atoms with van der Waals surface area (Å²) in [6, 6.07) is 21.9. The van der Waals surface area contributed by atoms with E-state index < -0.39 is 0 Å². The van der Waals surface area contributed by atoms with E-state index in [0.29, 0.717) is 49.8 Å². The number of carbonyl (C=O) groups excluding carboxylic acids is 1. The first kappa shape index (κ1) is 22.0. The van der Waals surface area contributed by atoms with Crippen molar-refractivity contribution in [2.75, 3.05) is 5.32 Å². The summed E-state index contributed by atoms with van der Waals surface area (Å²) in [6.45, 7) is 1.97. The minimum absolute atomic E-state index is 0.297. The lowest BCUT2D eigenvalue weighted by Gasteiger charge is -2.00. The SMILES string of the molecule is Cc1ccc(-c2nc3cc(NC(=O)/C=C/c4ccc(-c5ccc(Cl)cc5)o4)ccc3o2)c(Cl)c1. The summed E-state index contributed by atoms with van der Waals surface area (Å²) in [5.74, 6) is 1.39. The van der Waals surface area contributed by atoms with Crippen LogP contribution >= 0.6 is 23.2 Å². The van der Waals surface area contributed by atoms with Gasteiger partial charge in [0, 0.05) is 22.3 Å². The van der Waals surface area contributed by atoms with Crippen LogP contribution in [-0.2, 0) is 4.79 Å². The number of benzene rings is 3. The van der Waals surface area contributed by atoms with Crippen molar-refractivity contribution in [3.05, 3.63) is 100 Å². The molecule has 5 rings (SSSR count). The van der Waals surface area contributed by atoms with Gasteiger partial charge < -0.3 is 14.2 Å². The molecule has 2 heterocycles. The van der Waals surface area contributed by atoms with Crippen LogP contribution in [-0.4, -0.2) is 10.9 Å². The number of nitrogens with one attached hydrogen (secondary N) is 1. The molecule has 34 heavy (non-hydrogen) atoms. The first-order valence-corrected chi connectivity index (χ1v) is 11.2. The van der Waals surface area contributed by atoms with E-state index in [1.165, 1.54) is 6.08 Å². The second-order valence-corrected chi connectivity index (χ2v) is 8.56. The second kappa shape index (κ2) is 9.21. The maximum atomic E-state index is 12.4. The molecule has 0 bridgehead atoms. The summed E-state index contributed by atoms with van der Waals surface area (Å²) in [5, 5.41) is 4.06. The Hall–Kier alpha value is -3.80. The van der Waals surface area contributed by atoms with Crippen molar-refractivity contribution in [2.24, 2.45) is 0 Å². The van der Waals surface area contributed by atoms with E-state index in [1.807, 2.05) is 43.3 Å². The van der Waals surface area contributed by atoms with Crippen molar-refractivity contribution in [3.63, 3.8) is 0 Å². The molecular formula is C27H18Cl2N2O3. The van der Waals surface area contributed by atoms with Gasteiger partial charge in [-0.15, -0.1) is 0 Å². The number of carbonyl (C=O) groups is 1.